The van der Waals surface area contributed by atoms with Crippen molar-refractivity contribution in [3.8, 4) is 11.4 Å². The second-order valence-electron chi connectivity index (χ2n) is 25.5. The van der Waals surface area contributed by atoms with E-state index in [1.54, 1.807) is 78.1 Å². The van der Waals surface area contributed by atoms with Crippen molar-refractivity contribution in [3.63, 3.8) is 0 Å². The van der Waals surface area contributed by atoms with Crippen molar-refractivity contribution in [3.05, 3.63) is 223 Å². The summed E-state index contributed by atoms with van der Waals surface area (Å²) in [4.78, 5) is 47.4. The smallest absolute Gasteiger partial charge is 0.356 e. The Morgan fingerprint density at radius 2 is 0.949 bits per heavy atom. The van der Waals surface area contributed by atoms with Gasteiger partial charge >= 0.3 is 5.97 Å². The highest BCUT2D eigenvalue weighted by atomic mass is 35.5. The average molecular weight is 1430 g/mol. The van der Waals surface area contributed by atoms with Gasteiger partial charge in [-0.1, -0.05) is 48.7 Å². The van der Waals surface area contributed by atoms with Crippen molar-refractivity contribution in [2.24, 2.45) is 16.6 Å². The molecule has 4 saturated heterocycles. The van der Waals surface area contributed by atoms with Gasteiger partial charge in [0.05, 0.1) is 64.3 Å². The summed E-state index contributed by atoms with van der Waals surface area (Å²) < 4.78 is 11.2. The van der Waals surface area contributed by atoms with Crippen LogP contribution in [-0.4, -0.2) is 184 Å². The van der Waals surface area contributed by atoms with Gasteiger partial charge in [-0.25, -0.2) is 34.1 Å². The van der Waals surface area contributed by atoms with E-state index < -0.39 is 17.0 Å². The van der Waals surface area contributed by atoms with Crippen LogP contribution in [0.15, 0.2) is 196 Å². The lowest BCUT2D eigenvalue weighted by Gasteiger charge is -2.28. The molecule has 4 atom stereocenters. The standard InChI is InChI=1S/C22H21ClN6O2.C13H17N3O.C12H16N4O.C10H7ClN2O2.C7H5ClN2.C6H13NO.ClH/c23-16-3-5-17(6-4-16)29-11-7-18(26-29)21(31)25-22(15-30)8-12-28(14-22)20-19-2-1-10-27(19)13-9-24-20;1-13(10-17)4-7-16(9-13)12-11-3-2-6-15(11)8-5-14-12;13-12(9-17)3-6-16(8-12)11-10-2-1-5-15(10)7-4-14-11;11-7-1-3-8(4-2-7)13-6-5-9(12-13)10(14)15;8-7-6-2-1-4-10(6)5-3-9-7;1-6(5-8)2-3-7-4-6;/h1-7,9-11,13,30H,8,12,14-15H2,(H,25,31);2-3,5-6,8,17H,4,7,9-10H2,1H3;1-2,4-5,7,17H,3,6,8-9,13H2;1-6H,(H,14,15);1-5H;7-8H,2-5H2,1H3;1H/t22-;;;;;;/m0....../s1. The zero-order valence-electron chi connectivity index (χ0n) is 54.7. The van der Waals surface area contributed by atoms with E-state index >= 15 is 0 Å². The fourth-order valence-corrected chi connectivity index (χ4v) is 12.5. The molecule has 16 rings (SSSR count). The minimum absolute atomic E-state index is 0. The van der Waals surface area contributed by atoms with Gasteiger partial charge in [0, 0.05) is 160 Å². The Morgan fingerprint density at radius 1 is 0.505 bits per heavy atom. The van der Waals surface area contributed by atoms with E-state index in [0.717, 1.165) is 103 Å². The number of nitrogens with zero attached hydrogens (tertiary/aromatic N) is 15. The average Bonchev–Trinajstić information content (AvgIpc) is 1.67. The molecule has 14 heterocycles. The van der Waals surface area contributed by atoms with Crippen LogP contribution in [0.1, 0.15) is 60.5 Å². The molecule has 12 aromatic rings. The second kappa shape index (κ2) is 32.3. The Kier molecular flexibility index (Phi) is 23.7. The molecule has 0 aliphatic carbocycles. The summed E-state index contributed by atoms with van der Waals surface area (Å²) in [6.07, 6.45) is 29.5. The van der Waals surface area contributed by atoms with Crippen LogP contribution in [0.2, 0.25) is 15.2 Å². The van der Waals surface area contributed by atoms with E-state index in [4.69, 9.17) is 50.7 Å². The first kappa shape index (κ1) is 72.6. The quantitative estimate of drug-likeness (QED) is 0.0566. The van der Waals surface area contributed by atoms with Crippen molar-refractivity contribution < 1.29 is 35.1 Å². The van der Waals surface area contributed by atoms with Crippen LogP contribution in [0.25, 0.3) is 33.4 Å². The first-order valence-corrected chi connectivity index (χ1v) is 33.1. The SMILES string of the molecule is CC1(CO)CCN(c2nccn3cccc23)C1.CC1(CO)CCNC1.Cl.Clc1nccn2cccc12.NC1(CO)CCN(c2nccn3cccc23)C1.O=C(N[C@@]1(CO)CCN(c2nccn3cccc23)C1)c1ccn(-c2ccc(Cl)cc2)n1.O=C(O)c1ccn(-c2ccc(Cl)cc2)n1. The largest absolute Gasteiger partial charge is 0.476 e. The van der Waals surface area contributed by atoms with Gasteiger partial charge in [-0.3, -0.25) is 4.79 Å². The van der Waals surface area contributed by atoms with Gasteiger partial charge in [-0.15, -0.1) is 12.4 Å². The summed E-state index contributed by atoms with van der Waals surface area (Å²) in [7, 11) is 0. The van der Waals surface area contributed by atoms with Crippen LogP contribution in [-0.2, 0) is 0 Å². The number of carboxylic acids is 1. The summed E-state index contributed by atoms with van der Waals surface area (Å²) in [5.74, 6) is 1.44. The van der Waals surface area contributed by atoms with Crippen LogP contribution >= 0.6 is 47.2 Å². The number of carbonyl (C=O) groups is 2. The number of nitrogens with one attached hydrogen (secondary N) is 2. The lowest BCUT2D eigenvalue weighted by atomic mass is 9.91. The normalized spacial score (nSPS) is 20.0. The summed E-state index contributed by atoms with van der Waals surface area (Å²) in [5.41, 5.74) is 11.1. The zero-order chi connectivity index (χ0) is 69.0. The van der Waals surface area contributed by atoms with E-state index in [0.29, 0.717) is 47.9 Å². The molecule has 0 spiro atoms. The highest BCUT2D eigenvalue weighted by molar-refractivity contribution is 6.32. The maximum absolute atomic E-state index is 12.9. The first-order chi connectivity index (χ1) is 47.3. The highest BCUT2D eigenvalue weighted by Crippen LogP contribution is 2.34. The third kappa shape index (κ3) is 17.5. The van der Waals surface area contributed by atoms with Gasteiger partial charge in [0.1, 0.15) is 0 Å². The van der Waals surface area contributed by atoms with Gasteiger partial charge in [-0.05, 0) is 141 Å². The number of nitrogens with two attached hydrogens (primary N) is 1. The number of carbonyl (C=O) groups excluding carboxylic acids is 1. The molecular weight excluding hydrogens is 1350 g/mol. The van der Waals surface area contributed by atoms with Gasteiger partial charge in [0.25, 0.3) is 5.91 Å². The number of halogens is 4. The number of aromatic carboxylic acids is 1. The molecule has 0 radical (unpaired) electrons. The number of hydrogen-bond donors (Lipinski definition) is 8. The summed E-state index contributed by atoms with van der Waals surface area (Å²) >= 11 is 17.4. The number of fused-ring (bicyclic) bond motifs is 4. The summed E-state index contributed by atoms with van der Waals surface area (Å²) in [6.45, 7) is 11.2. The number of rotatable bonds is 12. The number of carboxylic acid groups (broad SMARTS) is 1. The molecule has 4 aliphatic heterocycles. The minimum atomic E-state index is -1.04. The Balaban J connectivity index is 0.000000136. The fourth-order valence-electron chi connectivity index (χ4n) is 12.1. The number of anilines is 3. The van der Waals surface area contributed by atoms with Crippen molar-refractivity contribution >= 4 is 98.6 Å². The third-order valence-electron chi connectivity index (χ3n) is 17.9. The molecular formula is C70H80Cl4N18O7. The van der Waals surface area contributed by atoms with E-state index in [9.17, 15) is 24.9 Å². The molecule has 520 valence electrons. The molecule has 99 heavy (non-hydrogen) atoms. The third-order valence-corrected chi connectivity index (χ3v) is 18.7. The van der Waals surface area contributed by atoms with E-state index in [1.165, 1.54) is 10.7 Å². The van der Waals surface area contributed by atoms with E-state index in [1.807, 2.05) is 124 Å². The molecule has 9 N–H and O–H groups in total. The number of aliphatic hydroxyl groups excluding tert-OH is 4. The molecule has 4 fully saturated rings. The first-order valence-electron chi connectivity index (χ1n) is 32.0. The maximum Gasteiger partial charge on any atom is 0.356 e. The molecule has 1 amide bonds. The number of hydrogen-bond acceptors (Lipinski definition) is 17. The summed E-state index contributed by atoms with van der Waals surface area (Å²) in [5, 5.41) is 62.6. The number of benzene rings is 2. The Labute approximate surface area is 592 Å². The van der Waals surface area contributed by atoms with Crippen molar-refractivity contribution in [1.82, 2.24) is 67.7 Å². The molecule has 2 aromatic carbocycles. The van der Waals surface area contributed by atoms with Crippen LogP contribution in [0.4, 0.5) is 17.5 Å². The Bertz CT molecular complexity index is 4510. The fraction of sp³-hybridized carbons (Fsp3) is 0.314. The number of aromatic nitrogens is 12. The topological polar surface area (TPSA) is 300 Å². The number of aliphatic hydroxyl groups is 4. The van der Waals surface area contributed by atoms with Crippen molar-refractivity contribution in [2.75, 3.05) is 93.5 Å². The highest BCUT2D eigenvalue weighted by Gasteiger charge is 2.41. The molecule has 4 aliphatic rings. The molecule has 25 nitrogen and oxygen atoms in total. The molecule has 3 unspecified atom stereocenters. The van der Waals surface area contributed by atoms with Gasteiger partial charge in [0.2, 0.25) is 0 Å². The molecule has 0 bridgehead atoms. The van der Waals surface area contributed by atoms with Gasteiger partial charge in [-0.2, -0.15) is 10.2 Å². The van der Waals surface area contributed by atoms with Crippen LogP contribution in [0.5, 0.6) is 0 Å². The molecule has 29 heteroatoms. The van der Waals surface area contributed by atoms with Gasteiger partial charge in [0.15, 0.2) is 34.0 Å². The van der Waals surface area contributed by atoms with E-state index in [2.05, 4.69) is 79.8 Å². The second-order valence-corrected chi connectivity index (χ2v) is 26.7. The molecule has 0 saturated carbocycles. The van der Waals surface area contributed by atoms with Crippen LogP contribution < -0.4 is 31.1 Å². The predicted molar refractivity (Wildman–Crippen MR) is 387 cm³/mol. The number of amides is 1. The molecule has 10 aromatic heterocycles. The minimum Gasteiger partial charge on any atom is -0.476 e. The van der Waals surface area contributed by atoms with Gasteiger partial charge < -0.3 is 74.2 Å². The van der Waals surface area contributed by atoms with Crippen molar-refractivity contribution in [1.29, 1.82) is 0 Å². The Morgan fingerprint density at radius 3 is 1.37 bits per heavy atom. The maximum atomic E-state index is 12.9. The van der Waals surface area contributed by atoms with Crippen LogP contribution in [0, 0.1) is 10.8 Å². The van der Waals surface area contributed by atoms with Crippen LogP contribution in [0.3, 0.4) is 0 Å². The Hall–Kier alpha value is -9.12. The van der Waals surface area contributed by atoms with Crippen molar-refractivity contribution in [2.45, 2.75) is 50.6 Å². The zero-order valence-corrected chi connectivity index (χ0v) is 57.8. The van der Waals surface area contributed by atoms with E-state index in [-0.39, 0.29) is 60.4 Å². The predicted octanol–water partition coefficient (Wildman–Crippen LogP) is 8.93. The lowest BCUT2D eigenvalue weighted by Crippen LogP contribution is -2.53. The summed E-state index contributed by atoms with van der Waals surface area (Å²) in [6, 6.07) is 33.2. The monoisotopic (exact) mass is 1420 g/mol. The lowest BCUT2D eigenvalue weighted by molar-refractivity contribution is 0.0689.